The number of hydrogen-bond donors (Lipinski definition) is 1. The minimum Gasteiger partial charge on any atom is -0.495 e. The van der Waals surface area contributed by atoms with Gasteiger partial charge in [0.1, 0.15) is 5.75 Å². The third-order valence-electron chi connectivity index (χ3n) is 2.92. The van der Waals surface area contributed by atoms with Crippen molar-refractivity contribution in [2.45, 2.75) is 0 Å². The van der Waals surface area contributed by atoms with E-state index in [1.165, 1.54) is 13.2 Å². The summed E-state index contributed by atoms with van der Waals surface area (Å²) in [5.41, 5.74) is 2.31. The van der Waals surface area contributed by atoms with Crippen LogP contribution in [0.25, 0.3) is 5.70 Å². The van der Waals surface area contributed by atoms with Crippen molar-refractivity contribution in [3.63, 3.8) is 0 Å². The highest BCUT2D eigenvalue weighted by Gasteiger charge is 2.08. The maximum Gasteiger partial charge on any atom is 0.332 e. The largest absolute Gasteiger partial charge is 0.495 e. The van der Waals surface area contributed by atoms with Gasteiger partial charge in [-0.3, -0.25) is 0 Å². The number of carbonyl (C=O) groups excluding carboxylic acids is 1. The van der Waals surface area contributed by atoms with Gasteiger partial charge < -0.3 is 14.8 Å². The second kappa shape index (κ2) is 7.14. The zero-order valence-electron chi connectivity index (χ0n) is 12.0. The van der Waals surface area contributed by atoms with Crippen LogP contribution in [0.5, 0.6) is 5.75 Å². The summed E-state index contributed by atoms with van der Waals surface area (Å²) in [6.07, 6.45) is 1.42. The lowest BCUT2D eigenvalue weighted by molar-refractivity contribution is -0.134. The first-order chi connectivity index (χ1) is 10.2. The van der Waals surface area contributed by atoms with Gasteiger partial charge in [0.15, 0.2) is 0 Å². The molecule has 0 amide bonds. The molecule has 0 fully saturated rings. The monoisotopic (exact) mass is 283 g/mol. The molecule has 4 nitrogen and oxygen atoms in total. The molecule has 0 radical (unpaired) electrons. The molecule has 0 saturated heterocycles. The predicted molar refractivity (Wildman–Crippen MR) is 83.1 cm³/mol. The van der Waals surface area contributed by atoms with Gasteiger partial charge in [-0.1, -0.05) is 42.5 Å². The van der Waals surface area contributed by atoms with E-state index in [0.29, 0.717) is 11.4 Å². The van der Waals surface area contributed by atoms with E-state index in [2.05, 4.69) is 5.32 Å². The fourth-order valence-electron chi connectivity index (χ4n) is 1.88. The Morgan fingerprint density at radius 1 is 1.00 bits per heavy atom. The van der Waals surface area contributed by atoms with Crippen LogP contribution in [-0.4, -0.2) is 20.2 Å². The van der Waals surface area contributed by atoms with Crippen molar-refractivity contribution in [3.8, 4) is 5.75 Å². The van der Waals surface area contributed by atoms with E-state index in [4.69, 9.17) is 9.47 Å². The van der Waals surface area contributed by atoms with Crippen LogP contribution >= 0.6 is 0 Å². The number of para-hydroxylation sites is 2. The molecule has 0 aliphatic heterocycles. The summed E-state index contributed by atoms with van der Waals surface area (Å²) < 4.78 is 10.0. The fraction of sp³-hybridized carbons (Fsp3) is 0.118. The molecule has 0 spiro atoms. The summed E-state index contributed by atoms with van der Waals surface area (Å²) in [7, 11) is 2.96. The minimum absolute atomic E-state index is 0.420. The van der Waals surface area contributed by atoms with Gasteiger partial charge in [-0.2, -0.15) is 0 Å². The van der Waals surface area contributed by atoms with Gasteiger partial charge in [0, 0.05) is 6.08 Å². The SMILES string of the molecule is COC(=O)/C=C(\Nc1ccccc1OC)c1ccccc1. The Bertz CT molecular complexity index is 635. The highest BCUT2D eigenvalue weighted by molar-refractivity contribution is 5.94. The van der Waals surface area contributed by atoms with Crippen molar-refractivity contribution in [3.05, 3.63) is 66.2 Å². The molecule has 2 rings (SSSR count). The maximum absolute atomic E-state index is 11.6. The first-order valence-electron chi connectivity index (χ1n) is 6.49. The zero-order chi connectivity index (χ0) is 15.1. The Morgan fingerprint density at radius 3 is 2.33 bits per heavy atom. The first kappa shape index (κ1) is 14.7. The number of hydrogen-bond acceptors (Lipinski definition) is 4. The average molecular weight is 283 g/mol. The number of nitrogens with one attached hydrogen (secondary N) is 1. The number of methoxy groups -OCH3 is 2. The summed E-state index contributed by atoms with van der Waals surface area (Å²) in [5.74, 6) is 0.278. The van der Waals surface area contributed by atoms with Crippen LogP contribution in [0.3, 0.4) is 0 Å². The number of benzene rings is 2. The third-order valence-corrected chi connectivity index (χ3v) is 2.92. The summed E-state index contributed by atoms with van der Waals surface area (Å²) in [6.45, 7) is 0. The Balaban J connectivity index is 2.37. The first-order valence-corrected chi connectivity index (χ1v) is 6.49. The molecule has 108 valence electrons. The van der Waals surface area contributed by atoms with E-state index in [9.17, 15) is 4.79 Å². The molecule has 4 heteroatoms. The Kier molecular flexibility index (Phi) is 4.99. The lowest BCUT2D eigenvalue weighted by Gasteiger charge is -2.14. The number of esters is 1. The molecule has 1 N–H and O–H groups in total. The van der Waals surface area contributed by atoms with Crippen LogP contribution in [0.1, 0.15) is 5.56 Å². The van der Waals surface area contributed by atoms with Gasteiger partial charge in [0.25, 0.3) is 0 Å². The summed E-state index contributed by atoms with van der Waals surface area (Å²) >= 11 is 0. The Labute approximate surface area is 124 Å². The van der Waals surface area contributed by atoms with Crippen LogP contribution < -0.4 is 10.1 Å². The summed E-state index contributed by atoms with van der Waals surface area (Å²) in [6, 6.07) is 17.1. The zero-order valence-corrected chi connectivity index (χ0v) is 12.0. The Morgan fingerprint density at radius 2 is 1.67 bits per heavy atom. The van der Waals surface area contributed by atoms with Crippen LogP contribution in [0.2, 0.25) is 0 Å². The van der Waals surface area contributed by atoms with E-state index < -0.39 is 5.97 Å². The molecule has 2 aromatic carbocycles. The van der Waals surface area contributed by atoms with E-state index in [-0.39, 0.29) is 0 Å². The van der Waals surface area contributed by atoms with Gasteiger partial charge in [0.2, 0.25) is 0 Å². The normalized spacial score (nSPS) is 10.9. The molecule has 21 heavy (non-hydrogen) atoms. The van der Waals surface area contributed by atoms with Gasteiger partial charge in [-0.05, 0) is 17.7 Å². The molecule has 0 atom stereocenters. The average Bonchev–Trinajstić information content (AvgIpc) is 2.55. The van der Waals surface area contributed by atoms with Crippen molar-refractivity contribution in [2.75, 3.05) is 19.5 Å². The lowest BCUT2D eigenvalue weighted by atomic mass is 10.1. The molecule has 0 heterocycles. The quantitative estimate of drug-likeness (QED) is 0.675. The minimum atomic E-state index is -0.420. The van der Waals surface area contributed by atoms with Crippen molar-refractivity contribution >= 4 is 17.4 Å². The van der Waals surface area contributed by atoms with Crippen LogP contribution in [-0.2, 0) is 9.53 Å². The lowest BCUT2D eigenvalue weighted by Crippen LogP contribution is -2.05. The number of anilines is 1. The van der Waals surface area contributed by atoms with Crippen molar-refractivity contribution < 1.29 is 14.3 Å². The summed E-state index contributed by atoms with van der Waals surface area (Å²) in [4.78, 5) is 11.6. The molecular weight excluding hydrogens is 266 g/mol. The van der Waals surface area contributed by atoms with Gasteiger partial charge in [-0.25, -0.2) is 4.79 Å². The molecular formula is C17H17NO3. The second-order valence-corrected chi connectivity index (χ2v) is 4.27. The van der Waals surface area contributed by atoms with E-state index >= 15 is 0 Å². The van der Waals surface area contributed by atoms with Crippen LogP contribution in [0.4, 0.5) is 5.69 Å². The maximum atomic E-state index is 11.6. The van der Waals surface area contributed by atoms with Crippen molar-refractivity contribution in [2.24, 2.45) is 0 Å². The molecule has 2 aromatic rings. The van der Waals surface area contributed by atoms with Gasteiger partial charge in [0.05, 0.1) is 25.6 Å². The third kappa shape index (κ3) is 3.86. The number of carbonyl (C=O) groups is 1. The van der Waals surface area contributed by atoms with E-state index in [0.717, 1.165) is 11.3 Å². The van der Waals surface area contributed by atoms with Crippen LogP contribution in [0, 0.1) is 0 Å². The van der Waals surface area contributed by atoms with Gasteiger partial charge >= 0.3 is 5.97 Å². The number of ether oxygens (including phenoxy) is 2. The molecule has 0 aromatic heterocycles. The van der Waals surface area contributed by atoms with Gasteiger partial charge in [-0.15, -0.1) is 0 Å². The molecule has 0 aliphatic carbocycles. The molecule has 0 bridgehead atoms. The predicted octanol–water partition coefficient (Wildman–Crippen LogP) is 3.32. The Hall–Kier alpha value is -2.75. The highest BCUT2D eigenvalue weighted by atomic mass is 16.5. The molecule has 0 saturated carbocycles. The molecule has 0 unspecified atom stereocenters. The number of rotatable bonds is 5. The van der Waals surface area contributed by atoms with E-state index in [1.54, 1.807) is 7.11 Å². The van der Waals surface area contributed by atoms with Crippen molar-refractivity contribution in [1.82, 2.24) is 0 Å². The smallest absolute Gasteiger partial charge is 0.332 e. The van der Waals surface area contributed by atoms with Crippen molar-refractivity contribution in [1.29, 1.82) is 0 Å². The topological polar surface area (TPSA) is 47.6 Å². The fourth-order valence-corrected chi connectivity index (χ4v) is 1.88. The second-order valence-electron chi connectivity index (χ2n) is 4.27. The summed E-state index contributed by atoms with van der Waals surface area (Å²) in [5, 5.41) is 3.22. The van der Waals surface area contributed by atoms with Crippen LogP contribution in [0.15, 0.2) is 60.7 Å². The van der Waals surface area contributed by atoms with E-state index in [1.807, 2.05) is 54.6 Å². The molecule has 0 aliphatic rings. The standard InChI is InChI=1S/C17H17NO3/c1-20-16-11-7-6-10-14(16)18-15(12-17(19)21-2)13-8-4-3-5-9-13/h3-12,18H,1-2H3/b15-12-. The highest BCUT2D eigenvalue weighted by Crippen LogP contribution is 2.27.